The molecule has 0 saturated carbocycles. The van der Waals surface area contributed by atoms with Crippen molar-refractivity contribution in [3.63, 3.8) is 0 Å². The van der Waals surface area contributed by atoms with E-state index in [0.29, 0.717) is 17.1 Å². The highest BCUT2D eigenvalue weighted by atomic mass is 19.1. The van der Waals surface area contributed by atoms with E-state index in [4.69, 9.17) is 9.47 Å². The predicted molar refractivity (Wildman–Crippen MR) is 57.9 cm³/mol. The van der Waals surface area contributed by atoms with Crippen LogP contribution in [0.15, 0.2) is 36.4 Å². The molecule has 4 heteroatoms. The van der Waals surface area contributed by atoms with Crippen molar-refractivity contribution in [2.45, 2.75) is 0 Å². The number of hydrogen-bond acceptors (Lipinski definition) is 2. The van der Waals surface area contributed by atoms with Crippen LogP contribution in [0.5, 0.6) is 11.5 Å². The van der Waals surface area contributed by atoms with Crippen molar-refractivity contribution in [1.82, 2.24) is 0 Å². The molecule has 17 heavy (non-hydrogen) atoms. The molecule has 2 aromatic carbocycles. The molecule has 0 aromatic heterocycles. The lowest BCUT2D eigenvalue weighted by Gasteiger charge is -2.05. The third-order valence-corrected chi connectivity index (χ3v) is 2.62. The molecule has 0 radical (unpaired) electrons. The molecule has 0 spiro atoms. The number of benzene rings is 2. The molecule has 2 aromatic rings. The number of rotatable bonds is 1. The number of fused-ring (bicyclic) bond motifs is 1. The van der Waals surface area contributed by atoms with Crippen LogP contribution in [0, 0.1) is 11.6 Å². The van der Waals surface area contributed by atoms with Crippen molar-refractivity contribution >= 4 is 0 Å². The molecule has 0 aliphatic carbocycles. The molecule has 0 saturated heterocycles. The summed E-state index contributed by atoms with van der Waals surface area (Å²) in [5, 5.41) is 0. The fourth-order valence-electron chi connectivity index (χ4n) is 1.83. The van der Waals surface area contributed by atoms with Gasteiger partial charge < -0.3 is 9.47 Å². The molecule has 86 valence electrons. The average molecular weight is 234 g/mol. The average Bonchev–Trinajstić information content (AvgIpc) is 2.76. The lowest BCUT2D eigenvalue weighted by Crippen LogP contribution is -1.93. The second-order valence-electron chi connectivity index (χ2n) is 3.66. The Morgan fingerprint density at radius 3 is 2.35 bits per heavy atom. The van der Waals surface area contributed by atoms with Crippen LogP contribution in [-0.2, 0) is 0 Å². The van der Waals surface area contributed by atoms with Gasteiger partial charge in [0.05, 0.1) is 5.56 Å². The summed E-state index contributed by atoms with van der Waals surface area (Å²) in [7, 11) is 0. The minimum Gasteiger partial charge on any atom is -0.454 e. The van der Waals surface area contributed by atoms with Crippen molar-refractivity contribution in [1.29, 1.82) is 0 Å². The highest BCUT2D eigenvalue weighted by Crippen LogP contribution is 2.37. The Labute approximate surface area is 96.4 Å². The summed E-state index contributed by atoms with van der Waals surface area (Å²) in [6.07, 6.45) is 0. The van der Waals surface area contributed by atoms with E-state index in [0.717, 1.165) is 0 Å². The van der Waals surface area contributed by atoms with Crippen LogP contribution in [0.3, 0.4) is 0 Å². The van der Waals surface area contributed by atoms with Gasteiger partial charge in [0.15, 0.2) is 11.5 Å². The zero-order chi connectivity index (χ0) is 11.8. The summed E-state index contributed by atoms with van der Waals surface area (Å²) < 4.78 is 37.5. The van der Waals surface area contributed by atoms with Gasteiger partial charge in [0.1, 0.15) is 11.6 Å². The molecule has 0 unspecified atom stereocenters. The second kappa shape index (κ2) is 3.73. The van der Waals surface area contributed by atoms with Gasteiger partial charge in [-0.3, -0.25) is 0 Å². The third-order valence-electron chi connectivity index (χ3n) is 2.62. The van der Waals surface area contributed by atoms with Crippen LogP contribution >= 0.6 is 0 Å². The van der Waals surface area contributed by atoms with Crippen molar-refractivity contribution in [2.24, 2.45) is 0 Å². The van der Waals surface area contributed by atoms with Crippen LogP contribution in [0.1, 0.15) is 0 Å². The SMILES string of the molecule is Fc1cccc(F)c1-c1ccc2c(c1)OCO2. The zero-order valence-electron chi connectivity index (χ0n) is 8.74. The van der Waals surface area contributed by atoms with Crippen LogP contribution < -0.4 is 9.47 Å². The topological polar surface area (TPSA) is 18.5 Å². The maximum atomic E-state index is 13.6. The molecular formula is C13H8F2O2. The largest absolute Gasteiger partial charge is 0.454 e. The van der Waals surface area contributed by atoms with E-state index in [1.54, 1.807) is 18.2 Å². The van der Waals surface area contributed by atoms with E-state index in [2.05, 4.69) is 0 Å². The minimum absolute atomic E-state index is 0.0502. The molecule has 0 atom stereocenters. The quantitative estimate of drug-likeness (QED) is 0.753. The summed E-state index contributed by atoms with van der Waals surface area (Å²) in [5.41, 5.74) is 0.385. The maximum Gasteiger partial charge on any atom is 0.231 e. The Bertz CT molecular complexity index is 561. The molecule has 1 heterocycles. The standard InChI is InChI=1S/C13H8F2O2/c14-9-2-1-3-10(15)13(9)8-4-5-11-12(6-8)17-7-16-11/h1-6H,7H2. The van der Waals surface area contributed by atoms with E-state index < -0.39 is 11.6 Å². The fraction of sp³-hybridized carbons (Fsp3) is 0.0769. The van der Waals surface area contributed by atoms with Gasteiger partial charge in [-0.05, 0) is 29.8 Å². The summed E-state index contributed by atoms with van der Waals surface area (Å²) in [6.45, 7) is 0.137. The first-order valence-electron chi connectivity index (χ1n) is 5.10. The normalized spacial score (nSPS) is 12.8. The van der Waals surface area contributed by atoms with E-state index in [1.165, 1.54) is 18.2 Å². The number of halogens is 2. The Balaban J connectivity index is 2.16. The predicted octanol–water partition coefficient (Wildman–Crippen LogP) is 3.36. The zero-order valence-corrected chi connectivity index (χ0v) is 8.74. The first-order chi connectivity index (χ1) is 8.25. The summed E-state index contributed by atoms with van der Waals surface area (Å²) in [6, 6.07) is 8.61. The van der Waals surface area contributed by atoms with Gasteiger partial charge in [0, 0.05) is 0 Å². The highest BCUT2D eigenvalue weighted by Gasteiger charge is 2.17. The monoisotopic (exact) mass is 234 g/mol. The Kier molecular flexibility index (Phi) is 2.21. The lowest BCUT2D eigenvalue weighted by atomic mass is 10.0. The molecule has 0 fully saturated rings. The molecule has 1 aliphatic rings. The van der Waals surface area contributed by atoms with E-state index >= 15 is 0 Å². The smallest absolute Gasteiger partial charge is 0.231 e. The van der Waals surface area contributed by atoms with Crippen LogP contribution in [0.2, 0.25) is 0 Å². The second-order valence-corrected chi connectivity index (χ2v) is 3.66. The van der Waals surface area contributed by atoms with Gasteiger partial charge in [-0.25, -0.2) is 8.78 Å². The number of hydrogen-bond donors (Lipinski definition) is 0. The van der Waals surface area contributed by atoms with E-state index in [9.17, 15) is 8.78 Å². The van der Waals surface area contributed by atoms with Gasteiger partial charge in [0.2, 0.25) is 6.79 Å². The molecule has 1 aliphatic heterocycles. The Hall–Kier alpha value is -2.10. The maximum absolute atomic E-state index is 13.6. The Morgan fingerprint density at radius 2 is 1.59 bits per heavy atom. The van der Waals surface area contributed by atoms with Crippen molar-refractivity contribution in [3.05, 3.63) is 48.0 Å². The molecule has 2 nitrogen and oxygen atoms in total. The molecular weight excluding hydrogens is 226 g/mol. The Morgan fingerprint density at radius 1 is 0.882 bits per heavy atom. The van der Waals surface area contributed by atoms with Gasteiger partial charge in [-0.2, -0.15) is 0 Å². The molecule has 0 N–H and O–H groups in total. The first-order valence-corrected chi connectivity index (χ1v) is 5.10. The van der Waals surface area contributed by atoms with E-state index in [-0.39, 0.29) is 12.4 Å². The van der Waals surface area contributed by atoms with Gasteiger partial charge in [0.25, 0.3) is 0 Å². The first kappa shape index (κ1) is 10.1. The minimum atomic E-state index is -0.594. The van der Waals surface area contributed by atoms with Crippen LogP contribution in [-0.4, -0.2) is 6.79 Å². The lowest BCUT2D eigenvalue weighted by molar-refractivity contribution is 0.174. The van der Waals surface area contributed by atoms with Gasteiger partial charge in [-0.15, -0.1) is 0 Å². The summed E-state index contributed by atoms with van der Waals surface area (Å²) in [4.78, 5) is 0. The summed E-state index contributed by atoms with van der Waals surface area (Å²) >= 11 is 0. The summed E-state index contributed by atoms with van der Waals surface area (Å²) in [5.74, 6) is -0.0941. The van der Waals surface area contributed by atoms with Crippen molar-refractivity contribution in [2.75, 3.05) is 6.79 Å². The van der Waals surface area contributed by atoms with E-state index in [1.807, 2.05) is 0 Å². The van der Waals surface area contributed by atoms with Crippen molar-refractivity contribution < 1.29 is 18.3 Å². The van der Waals surface area contributed by atoms with Gasteiger partial charge in [-0.1, -0.05) is 12.1 Å². The van der Waals surface area contributed by atoms with Gasteiger partial charge >= 0.3 is 0 Å². The molecule has 0 amide bonds. The van der Waals surface area contributed by atoms with Crippen LogP contribution in [0.4, 0.5) is 8.78 Å². The number of ether oxygens (including phenoxy) is 2. The fourth-order valence-corrected chi connectivity index (χ4v) is 1.83. The van der Waals surface area contributed by atoms with Crippen LogP contribution in [0.25, 0.3) is 11.1 Å². The third kappa shape index (κ3) is 1.62. The van der Waals surface area contributed by atoms with Crippen molar-refractivity contribution in [3.8, 4) is 22.6 Å². The highest BCUT2D eigenvalue weighted by molar-refractivity contribution is 5.68. The molecule has 0 bridgehead atoms. The molecule has 3 rings (SSSR count).